The molecule has 4 rings (SSSR count). The third-order valence-electron chi connectivity index (χ3n) is 3.88. The highest BCUT2D eigenvalue weighted by atomic mass is 14.1. The summed E-state index contributed by atoms with van der Waals surface area (Å²) in [5.41, 5.74) is 0. The molecule has 0 N–H and O–H groups in total. The molecule has 0 unspecified atom stereocenters. The highest BCUT2D eigenvalue weighted by Gasteiger charge is 2.03. The third kappa shape index (κ3) is 1.32. The minimum atomic E-state index is 1.17. The van der Waals surface area contributed by atoms with Gasteiger partial charge in [0.1, 0.15) is 0 Å². The van der Waals surface area contributed by atoms with Gasteiger partial charge < -0.3 is 0 Å². The summed E-state index contributed by atoms with van der Waals surface area (Å²) in [4.78, 5) is 0. The van der Waals surface area contributed by atoms with E-state index in [9.17, 15) is 0 Å². The lowest BCUT2D eigenvalue weighted by Crippen LogP contribution is -2.26. The van der Waals surface area contributed by atoms with E-state index in [1.54, 1.807) is 0 Å². The topological polar surface area (TPSA) is 0 Å². The molecule has 0 saturated carbocycles. The number of hydrogen-bond donors (Lipinski definition) is 0. The van der Waals surface area contributed by atoms with Crippen LogP contribution >= 0.6 is 0 Å². The van der Waals surface area contributed by atoms with Crippen molar-refractivity contribution in [2.24, 2.45) is 0 Å². The number of benzene rings is 3. The maximum absolute atomic E-state index is 2.38. The summed E-state index contributed by atoms with van der Waals surface area (Å²) in [7, 11) is 0. The second kappa shape index (κ2) is 3.71. The van der Waals surface area contributed by atoms with Crippen LogP contribution in [0.5, 0.6) is 0 Å². The van der Waals surface area contributed by atoms with Gasteiger partial charge in [-0.15, -0.1) is 0 Å². The Morgan fingerprint density at radius 2 is 1.44 bits per heavy atom. The fourth-order valence-corrected chi connectivity index (χ4v) is 3.00. The average molecular weight is 230 g/mol. The molecule has 1 aliphatic carbocycles. The van der Waals surface area contributed by atoms with E-state index < -0.39 is 0 Å². The van der Waals surface area contributed by atoms with Crippen molar-refractivity contribution in [1.29, 1.82) is 0 Å². The van der Waals surface area contributed by atoms with Crippen molar-refractivity contribution < 1.29 is 0 Å². The van der Waals surface area contributed by atoms with E-state index in [-0.39, 0.29) is 0 Å². The van der Waals surface area contributed by atoms with Gasteiger partial charge in [-0.1, -0.05) is 60.7 Å². The largest absolute Gasteiger partial charge is 0.0763 e. The Labute approximate surface area is 106 Å². The summed E-state index contributed by atoms with van der Waals surface area (Å²) in [6.45, 7) is 0. The van der Waals surface area contributed by atoms with E-state index in [1.807, 2.05) is 0 Å². The quantitative estimate of drug-likeness (QED) is 0.520. The van der Waals surface area contributed by atoms with Crippen molar-refractivity contribution in [3.63, 3.8) is 0 Å². The summed E-state index contributed by atoms with van der Waals surface area (Å²) in [6.07, 6.45) is 7.07. The third-order valence-corrected chi connectivity index (χ3v) is 3.88. The summed E-state index contributed by atoms with van der Waals surface area (Å²) < 4.78 is 0. The minimum Gasteiger partial charge on any atom is -0.0763 e. The Morgan fingerprint density at radius 1 is 0.611 bits per heavy atom. The molecule has 0 saturated heterocycles. The molecule has 0 atom stereocenters. The van der Waals surface area contributed by atoms with Crippen LogP contribution in [0.2, 0.25) is 0 Å². The predicted molar refractivity (Wildman–Crippen MR) is 78.9 cm³/mol. The lowest BCUT2D eigenvalue weighted by atomic mass is 9.97. The highest BCUT2D eigenvalue weighted by Crippen LogP contribution is 2.22. The zero-order valence-electron chi connectivity index (χ0n) is 10.2. The van der Waals surface area contributed by atoms with Crippen LogP contribution in [0, 0.1) is 0 Å². The number of fused-ring (bicyclic) bond motifs is 5. The fourth-order valence-electron chi connectivity index (χ4n) is 3.00. The highest BCUT2D eigenvalue weighted by molar-refractivity contribution is 6.07. The molecular weight excluding hydrogens is 216 g/mol. The minimum absolute atomic E-state index is 1.17. The van der Waals surface area contributed by atoms with E-state index in [0.29, 0.717) is 0 Å². The van der Waals surface area contributed by atoms with Crippen LogP contribution in [0.3, 0.4) is 0 Å². The second-order valence-corrected chi connectivity index (χ2v) is 4.94. The van der Waals surface area contributed by atoms with Gasteiger partial charge in [-0.25, -0.2) is 0 Å². The molecule has 86 valence electrons. The molecule has 0 bridgehead atoms. The molecule has 0 aromatic heterocycles. The molecule has 1 aliphatic rings. The Hall–Kier alpha value is -2.08. The van der Waals surface area contributed by atoms with Crippen molar-refractivity contribution in [2.45, 2.75) is 12.8 Å². The summed E-state index contributed by atoms with van der Waals surface area (Å²) in [6, 6.07) is 17.7. The van der Waals surface area contributed by atoms with Gasteiger partial charge >= 0.3 is 0 Å². The molecule has 3 aromatic rings. The molecular formula is C18H14. The Bertz CT molecular complexity index is 870. The number of rotatable bonds is 0. The van der Waals surface area contributed by atoms with Gasteiger partial charge in [0.15, 0.2) is 0 Å². The van der Waals surface area contributed by atoms with E-state index in [1.165, 1.54) is 44.8 Å². The first-order valence-electron chi connectivity index (χ1n) is 6.54. The van der Waals surface area contributed by atoms with Gasteiger partial charge in [0, 0.05) is 0 Å². The molecule has 3 aromatic carbocycles. The van der Waals surface area contributed by atoms with Crippen LogP contribution in [-0.4, -0.2) is 0 Å². The lowest BCUT2D eigenvalue weighted by molar-refractivity contribution is 1.12. The van der Waals surface area contributed by atoms with Gasteiger partial charge in [-0.05, 0) is 44.8 Å². The van der Waals surface area contributed by atoms with E-state index in [2.05, 4.69) is 60.7 Å². The first-order valence-corrected chi connectivity index (χ1v) is 6.54. The maximum Gasteiger partial charge on any atom is -0.00991 e. The molecule has 18 heavy (non-hydrogen) atoms. The molecule has 0 aliphatic heterocycles. The van der Waals surface area contributed by atoms with Gasteiger partial charge in [-0.2, -0.15) is 0 Å². The molecule has 0 heterocycles. The zero-order chi connectivity index (χ0) is 11.9. The monoisotopic (exact) mass is 230 g/mol. The molecule has 0 heteroatoms. The van der Waals surface area contributed by atoms with E-state index in [4.69, 9.17) is 0 Å². The van der Waals surface area contributed by atoms with Crippen LogP contribution in [-0.2, 0) is 0 Å². The van der Waals surface area contributed by atoms with Crippen LogP contribution in [0.1, 0.15) is 12.8 Å². The molecule has 0 amide bonds. The van der Waals surface area contributed by atoms with Crippen LogP contribution < -0.4 is 10.4 Å². The maximum atomic E-state index is 2.38. The van der Waals surface area contributed by atoms with Gasteiger partial charge in [-0.3, -0.25) is 0 Å². The Morgan fingerprint density at radius 3 is 2.44 bits per heavy atom. The SMILES string of the molecule is C1=c2ccc3c(ccc4ccccc43)c2=CCC1. The Kier molecular flexibility index (Phi) is 2.04. The van der Waals surface area contributed by atoms with Gasteiger partial charge in [0.25, 0.3) is 0 Å². The first-order chi connectivity index (χ1) is 8.93. The molecule has 0 nitrogen and oxygen atoms in total. The summed E-state index contributed by atoms with van der Waals surface area (Å²) >= 11 is 0. The van der Waals surface area contributed by atoms with Crippen LogP contribution in [0.25, 0.3) is 33.7 Å². The first kappa shape index (κ1) is 9.90. The van der Waals surface area contributed by atoms with Crippen LogP contribution in [0.15, 0.2) is 48.5 Å². The fraction of sp³-hybridized carbons (Fsp3) is 0.111. The summed E-state index contributed by atoms with van der Waals surface area (Å²) in [5.74, 6) is 0. The molecule has 0 radical (unpaired) electrons. The smallest absolute Gasteiger partial charge is 0.00991 e. The van der Waals surface area contributed by atoms with Crippen molar-refractivity contribution >= 4 is 33.7 Å². The lowest BCUT2D eigenvalue weighted by Gasteiger charge is -2.07. The standard InChI is InChI=1S/C18H14/c1-3-7-15-13(5-1)9-11-18-16-8-4-2-6-14(16)10-12-17(15)18/h1,3,5-12H,2,4H2. The van der Waals surface area contributed by atoms with Crippen molar-refractivity contribution in [1.82, 2.24) is 0 Å². The molecule has 0 fully saturated rings. The summed E-state index contributed by atoms with van der Waals surface area (Å²) in [5, 5.41) is 8.26. The second-order valence-electron chi connectivity index (χ2n) is 4.94. The van der Waals surface area contributed by atoms with Crippen molar-refractivity contribution in [3.8, 4) is 0 Å². The van der Waals surface area contributed by atoms with E-state index >= 15 is 0 Å². The predicted octanol–water partition coefficient (Wildman–Crippen LogP) is 3.35. The van der Waals surface area contributed by atoms with Crippen LogP contribution in [0.4, 0.5) is 0 Å². The van der Waals surface area contributed by atoms with Gasteiger partial charge in [0.05, 0.1) is 0 Å². The Balaban J connectivity index is 2.30. The van der Waals surface area contributed by atoms with Crippen molar-refractivity contribution in [3.05, 3.63) is 59.0 Å². The van der Waals surface area contributed by atoms with E-state index in [0.717, 1.165) is 0 Å². The van der Waals surface area contributed by atoms with Crippen molar-refractivity contribution in [2.75, 3.05) is 0 Å². The zero-order valence-corrected chi connectivity index (χ0v) is 10.2. The normalized spacial score (nSPS) is 14.0. The molecule has 0 spiro atoms. The number of hydrogen-bond acceptors (Lipinski definition) is 0. The average Bonchev–Trinajstić information content (AvgIpc) is 2.46. The van der Waals surface area contributed by atoms with Gasteiger partial charge in [0.2, 0.25) is 0 Å².